The number of hydrogen-bond acceptors (Lipinski definition) is 5. The van der Waals surface area contributed by atoms with Crippen LogP contribution >= 0.6 is 0 Å². The van der Waals surface area contributed by atoms with E-state index in [0.29, 0.717) is 30.1 Å². The lowest BCUT2D eigenvalue weighted by Crippen LogP contribution is -2.62. The number of aliphatic hydroxyl groups excluding tert-OH is 2. The van der Waals surface area contributed by atoms with Gasteiger partial charge < -0.3 is 25.4 Å². The van der Waals surface area contributed by atoms with Gasteiger partial charge in [-0.25, -0.2) is 0 Å². The summed E-state index contributed by atoms with van der Waals surface area (Å²) in [6, 6.07) is 0. The molecule has 1 amide bonds. The summed E-state index contributed by atoms with van der Waals surface area (Å²) in [6.45, 7) is 17.3. The quantitative estimate of drug-likeness (QED) is 0.101. The van der Waals surface area contributed by atoms with Crippen molar-refractivity contribution in [1.29, 1.82) is 0 Å². The summed E-state index contributed by atoms with van der Waals surface area (Å²) >= 11 is 0. The van der Waals surface area contributed by atoms with E-state index in [1.807, 2.05) is 0 Å². The van der Waals surface area contributed by atoms with Crippen LogP contribution in [0.15, 0.2) is 0 Å². The van der Waals surface area contributed by atoms with Gasteiger partial charge in [0, 0.05) is 25.5 Å². The minimum Gasteiger partial charge on any atom is -0.481 e. The topological polar surface area (TPSA) is 116 Å². The van der Waals surface area contributed by atoms with Crippen LogP contribution in [0.3, 0.4) is 0 Å². The number of ether oxygens (including phenoxy) is 1. The van der Waals surface area contributed by atoms with Crippen molar-refractivity contribution in [3.05, 3.63) is 0 Å². The van der Waals surface area contributed by atoms with Gasteiger partial charge in [-0.15, -0.1) is 0 Å². The molecule has 0 aromatic rings. The van der Waals surface area contributed by atoms with Gasteiger partial charge in [-0.05, 0) is 135 Å². The summed E-state index contributed by atoms with van der Waals surface area (Å²) in [5, 5.41) is 36.1. The number of carbonyl (C=O) groups excluding carboxylic acids is 1. The number of unbranched alkanes of at least 4 members (excludes halogenated alkanes) is 4. The molecule has 49 heavy (non-hydrogen) atoms. The molecule has 0 radical (unpaired) electrons. The van der Waals surface area contributed by atoms with Gasteiger partial charge >= 0.3 is 5.97 Å². The molecule has 4 aliphatic carbocycles. The summed E-state index contributed by atoms with van der Waals surface area (Å²) in [6.07, 6.45) is 16.7. The minimum absolute atomic E-state index is 0.0770. The highest BCUT2D eigenvalue weighted by atomic mass is 16.5. The van der Waals surface area contributed by atoms with Crippen LogP contribution in [-0.4, -0.2) is 58.7 Å². The number of carboxylic acids is 1. The first-order chi connectivity index (χ1) is 23.3. The number of carboxylic acid groups (broad SMARTS) is 1. The lowest BCUT2D eigenvalue weighted by molar-refractivity contribution is -0.209. The number of carbonyl (C=O) groups is 2. The monoisotopic (exact) mass is 690 g/mol. The van der Waals surface area contributed by atoms with Gasteiger partial charge in [0.1, 0.15) is 0 Å². The molecular weight excluding hydrogens is 614 g/mol. The molecule has 12 unspecified atom stereocenters. The highest BCUT2D eigenvalue weighted by Gasteiger charge is 2.65. The van der Waals surface area contributed by atoms with Gasteiger partial charge in [0.15, 0.2) is 0 Å². The first-order valence-corrected chi connectivity index (χ1v) is 20.7. The smallest absolute Gasteiger partial charge is 0.303 e. The number of fused-ring (bicyclic) bond motifs is 5. The Hall–Kier alpha value is -1.18. The van der Waals surface area contributed by atoms with Gasteiger partial charge in [-0.1, -0.05) is 74.1 Å². The number of aliphatic carboxylic acids is 1. The summed E-state index contributed by atoms with van der Waals surface area (Å²) in [4.78, 5) is 24.4. The first kappa shape index (κ1) is 40.6. The summed E-state index contributed by atoms with van der Waals surface area (Å²) in [5.74, 6) is 1.42. The fourth-order valence-electron chi connectivity index (χ4n) is 11.9. The third kappa shape index (κ3) is 8.73. The second-order valence-electron chi connectivity index (χ2n) is 18.0. The summed E-state index contributed by atoms with van der Waals surface area (Å²) in [7, 11) is 0. The molecule has 284 valence electrons. The zero-order valence-corrected chi connectivity index (χ0v) is 32.5. The lowest BCUT2D eigenvalue weighted by Gasteiger charge is -2.63. The maximum Gasteiger partial charge on any atom is 0.303 e. The van der Waals surface area contributed by atoms with Gasteiger partial charge in [0.2, 0.25) is 5.91 Å². The van der Waals surface area contributed by atoms with E-state index in [-0.39, 0.29) is 58.5 Å². The average molecular weight is 690 g/mol. The average Bonchev–Trinajstić information content (AvgIpc) is 3.44. The molecular formula is C42H75NO6. The van der Waals surface area contributed by atoms with Crippen LogP contribution in [0.25, 0.3) is 0 Å². The Morgan fingerprint density at radius 3 is 2.31 bits per heavy atom. The first-order valence-electron chi connectivity index (χ1n) is 20.7. The Labute approximate surface area is 299 Å². The predicted molar refractivity (Wildman–Crippen MR) is 197 cm³/mol. The molecule has 12 atom stereocenters. The maximum absolute atomic E-state index is 13.1. The Kier molecular flexibility index (Phi) is 14.5. The van der Waals surface area contributed by atoms with Crippen LogP contribution in [-0.2, 0) is 14.3 Å². The molecule has 0 saturated heterocycles. The van der Waals surface area contributed by atoms with Crippen molar-refractivity contribution in [3.63, 3.8) is 0 Å². The van der Waals surface area contributed by atoms with Crippen LogP contribution in [0.1, 0.15) is 164 Å². The van der Waals surface area contributed by atoms with Crippen molar-refractivity contribution in [2.75, 3.05) is 13.2 Å². The van der Waals surface area contributed by atoms with Crippen LogP contribution in [0.5, 0.6) is 0 Å². The van der Waals surface area contributed by atoms with Crippen LogP contribution < -0.4 is 5.32 Å². The molecule has 4 saturated carbocycles. The van der Waals surface area contributed by atoms with Crippen molar-refractivity contribution in [1.82, 2.24) is 5.32 Å². The van der Waals surface area contributed by atoms with Crippen molar-refractivity contribution in [3.8, 4) is 0 Å². The van der Waals surface area contributed by atoms with E-state index in [4.69, 9.17) is 4.74 Å². The van der Waals surface area contributed by atoms with E-state index in [9.17, 15) is 24.9 Å². The molecule has 0 heterocycles. The number of aliphatic hydroxyl groups is 2. The number of rotatable bonds is 19. The molecule has 0 aliphatic heterocycles. The predicted octanol–water partition coefficient (Wildman–Crippen LogP) is 8.78. The van der Waals surface area contributed by atoms with Crippen LogP contribution in [0, 0.1) is 57.7 Å². The van der Waals surface area contributed by atoms with E-state index in [2.05, 4.69) is 53.8 Å². The summed E-state index contributed by atoms with van der Waals surface area (Å²) in [5.41, 5.74) is -0.0594. The molecule has 4 aliphatic rings. The Balaban J connectivity index is 1.21. The maximum atomic E-state index is 13.1. The van der Waals surface area contributed by atoms with Crippen molar-refractivity contribution in [2.45, 2.75) is 182 Å². The molecule has 4 fully saturated rings. The van der Waals surface area contributed by atoms with E-state index in [1.54, 1.807) is 0 Å². The van der Waals surface area contributed by atoms with Crippen molar-refractivity contribution >= 4 is 11.9 Å². The fourth-order valence-corrected chi connectivity index (χ4v) is 11.9. The SMILES string of the molecule is CCCCC(C(=O)NCCCCCCOC1CCC2(C)C(C1)CC(O)C1C2CC(O)C2(C)C(C(C)CCC(=O)O)CCC12)C(C)(CC)CC. The third-order valence-electron chi connectivity index (χ3n) is 15.7. The lowest BCUT2D eigenvalue weighted by atomic mass is 9.43. The van der Waals surface area contributed by atoms with Crippen LogP contribution in [0.4, 0.5) is 0 Å². The number of amides is 1. The molecule has 0 bridgehead atoms. The Morgan fingerprint density at radius 2 is 1.63 bits per heavy atom. The molecule has 4 N–H and O–H groups in total. The second kappa shape index (κ2) is 17.6. The zero-order valence-electron chi connectivity index (χ0n) is 32.5. The van der Waals surface area contributed by atoms with Gasteiger partial charge in [-0.3, -0.25) is 9.59 Å². The second-order valence-corrected chi connectivity index (χ2v) is 18.0. The molecule has 0 spiro atoms. The van der Waals surface area contributed by atoms with E-state index in [0.717, 1.165) is 116 Å². The van der Waals surface area contributed by atoms with Crippen LogP contribution in [0.2, 0.25) is 0 Å². The number of hydrogen-bond donors (Lipinski definition) is 4. The van der Waals surface area contributed by atoms with Crippen molar-refractivity contribution < 1.29 is 29.6 Å². The zero-order chi connectivity index (χ0) is 36.0. The number of nitrogens with one attached hydrogen (secondary N) is 1. The highest BCUT2D eigenvalue weighted by molar-refractivity contribution is 5.79. The Morgan fingerprint density at radius 1 is 0.918 bits per heavy atom. The van der Waals surface area contributed by atoms with Crippen molar-refractivity contribution in [2.24, 2.45) is 57.7 Å². The molecule has 7 heteroatoms. The van der Waals surface area contributed by atoms with Gasteiger partial charge in [-0.2, -0.15) is 0 Å². The molecule has 7 nitrogen and oxygen atoms in total. The van der Waals surface area contributed by atoms with E-state index < -0.39 is 12.1 Å². The van der Waals surface area contributed by atoms with E-state index in [1.165, 1.54) is 0 Å². The third-order valence-corrected chi connectivity index (χ3v) is 15.7. The molecule has 0 aromatic heterocycles. The Bertz CT molecular complexity index is 1060. The molecule has 0 aromatic carbocycles. The summed E-state index contributed by atoms with van der Waals surface area (Å²) < 4.78 is 6.47. The van der Waals surface area contributed by atoms with Gasteiger partial charge in [0.05, 0.1) is 18.3 Å². The normalized spacial score (nSPS) is 37.1. The minimum atomic E-state index is -0.743. The highest BCUT2D eigenvalue weighted by Crippen LogP contribution is 2.68. The van der Waals surface area contributed by atoms with Gasteiger partial charge in [0.25, 0.3) is 0 Å². The largest absolute Gasteiger partial charge is 0.481 e. The fraction of sp³-hybridized carbons (Fsp3) is 0.952. The van der Waals surface area contributed by atoms with E-state index >= 15 is 0 Å². The molecule has 4 rings (SSSR count). The standard InChI is InChI=1S/C42H75NO6/c1-8-11-16-33(40(5,9-2)10-3)39(48)43-23-14-12-13-15-24-49-30-21-22-41(6)29(25-30)26-35(44)38-32-19-18-31(28(4)17-20-37(46)47)42(32,7)36(45)27-34(38)41/h28-36,38,44-45H,8-27H2,1-7H3,(H,43,48)(H,46,47).